The van der Waals surface area contributed by atoms with Gasteiger partial charge in [0.2, 0.25) is 0 Å². The summed E-state index contributed by atoms with van der Waals surface area (Å²) in [6.45, 7) is 8.05. The predicted octanol–water partition coefficient (Wildman–Crippen LogP) is 4.86. The summed E-state index contributed by atoms with van der Waals surface area (Å²) in [4.78, 5) is 22.0. The first-order valence-corrected chi connectivity index (χ1v) is 11.3. The van der Waals surface area contributed by atoms with Crippen LogP contribution in [0.5, 0.6) is 5.75 Å². The third-order valence-corrected chi connectivity index (χ3v) is 5.34. The van der Waals surface area contributed by atoms with E-state index < -0.39 is 11.4 Å². The average Bonchev–Trinajstić information content (AvgIpc) is 2.73. The number of carbonyl (C=O) groups is 2. The number of halogens is 1. The Hall–Kier alpha value is -2.15. The highest BCUT2D eigenvalue weighted by Crippen LogP contribution is 2.26. The molecule has 1 amide bonds. The van der Waals surface area contributed by atoms with Gasteiger partial charge < -0.3 is 20.1 Å². The molecule has 1 saturated carbocycles. The fourth-order valence-corrected chi connectivity index (χ4v) is 3.74. The second kappa shape index (κ2) is 12.6. The van der Waals surface area contributed by atoms with Gasteiger partial charge in [-0.15, -0.1) is 0 Å². The van der Waals surface area contributed by atoms with Gasteiger partial charge in [-0.3, -0.25) is 4.79 Å². The van der Waals surface area contributed by atoms with Gasteiger partial charge in [-0.05, 0) is 71.0 Å². The SMILES string of the molecule is CC(C)(C)OC(=O)N[C@@H]1CCCNC1.O=Cc1cccc(OCC2CCCCC2)c1F. The van der Waals surface area contributed by atoms with E-state index >= 15 is 0 Å². The lowest BCUT2D eigenvalue weighted by Gasteiger charge is -2.26. The maximum atomic E-state index is 13.7. The Kier molecular flexibility index (Phi) is 10.2. The van der Waals surface area contributed by atoms with Crippen LogP contribution in [0.1, 0.15) is 76.1 Å². The topological polar surface area (TPSA) is 76.7 Å². The van der Waals surface area contributed by atoms with Crippen LogP contribution in [0.4, 0.5) is 9.18 Å². The van der Waals surface area contributed by atoms with Crippen LogP contribution in [0.2, 0.25) is 0 Å². The molecule has 174 valence electrons. The molecule has 0 aromatic heterocycles. The first-order chi connectivity index (χ1) is 14.8. The van der Waals surface area contributed by atoms with E-state index in [2.05, 4.69) is 10.6 Å². The maximum Gasteiger partial charge on any atom is 0.407 e. The molecule has 1 aromatic carbocycles. The molecule has 2 fully saturated rings. The van der Waals surface area contributed by atoms with Crippen LogP contribution in [0.25, 0.3) is 0 Å². The molecule has 1 atom stereocenters. The zero-order valence-corrected chi connectivity index (χ0v) is 19.0. The number of benzene rings is 1. The van der Waals surface area contributed by atoms with E-state index in [0.717, 1.165) is 38.8 Å². The quantitative estimate of drug-likeness (QED) is 0.645. The molecule has 2 aliphatic rings. The predicted molar refractivity (Wildman–Crippen MR) is 119 cm³/mol. The Bertz CT molecular complexity index is 693. The summed E-state index contributed by atoms with van der Waals surface area (Å²) >= 11 is 0. The van der Waals surface area contributed by atoms with Crippen LogP contribution < -0.4 is 15.4 Å². The van der Waals surface area contributed by atoms with Crippen LogP contribution in [0.3, 0.4) is 0 Å². The van der Waals surface area contributed by atoms with Gasteiger partial charge in [0, 0.05) is 12.6 Å². The Morgan fingerprint density at radius 3 is 2.55 bits per heavy atom. The number of carbonyl (C=O) groups excluding carboxylic acids is 2. The summed E-state index contributed by atoms with van der Waals surface area (Å²) in [5.74, 6) is 0.182. The molecule has 1 aromatic rings. The van der Waals surface area contributed by atoms with E-state index in [4.69, 9.17) is 9.47 Å². The van der Waals surface area contributed by atoms with Crippen molar-refractivity contribution in [2.75, 3.05) is 19.7 Å². The molecule has 3 rings (SSSR count). The molecule has 2 N–H and O–H groups in total. The maximum absolute atomic E-state index is 13.7. The monoisotopic (exact) mass is 436 g/mol. The fourth-order valence-electron chi connectivity index (χ4n) is 3.74. The molecule has 1 saturated heterocycles. The lowest BCUT2D eigenvalue weighted by Crippen LogP contribution is -2.47. The van der Waals surface area contributed by atoms with Crippen molar-refractivity contribution in [2.24, 2.45) is 5.92 Å². The summed E-state index contributed by atoms with van der Waals surface area (Å²) < 4.78 is 24.3. The molecular formula is C24H37FN2O4. The van der Waals surface area contributed by atoms with E-state index in [1.54, 1.807) is 12.1 Å². The highest BCUT2D eigenvalue weighted by atomic mass is 19.1. The van der Waals surface area contributed by atoms with Crippen molar-refractivity contribution in [3.8, 4) is 5.75 Å². The number of aldehydes is 1. The normalized spacial score (nSPS) is 19.5. The number of piperidine rings is 1. The summed E-state index contributed by atoms with van der Waals surface area (Å²) in [7, 11) is 0. The minimum atomic E-state index is -0.543. The molecule has 0 radical (unpaired) electrons. The molecule has 0 unspecified atom stereocenters. The van der Waals surface area contributed by atoms with E-state index in [1.807, 2.05) is 20.8 Å². The van der Waals surface area contributed by atoms with Crippen molar-refractivity contribution in [2.45, 2.75) is 77.4 Å². The van der Waals surface area contributed by atoms with Gasteiger partial charge in [0.1, 0.15) is 5.60 Å². The third kappa shape index (κ3) is 9.68. The van der Waals surface area contributed by atoms with Gasteiger partial charge in [-0.2, -0.15) is 0 Å². The van der Waals surface area contributed by atoms with E-state index in [0.29, 0.717) is 18.8 Å². The standard InChI is InChI=1S/C14H17FO2.C10H20N2O2/c15-14-12(9-16)7-4-8-13(14)17-10-11-5-2-1-3-6-11;1-10(2,3)14-9(13)12-8-5-4-6-11-7-8/h4,7-9,11H,1-3,5-6,10H2;8,11H,4-7H2,1-3H3,(H,12,13)/t;8-/m.1/s1. The van der Waals surface area contributed by atoms with E-state index in [9.17, 15) is 14.0 Å². The molecular weight excluding hydrogens is 399 g/mol. The molecule has 6 nitrogen and oxygen atoms in total. The van der Waals surface area contributed by atoms with Crippen LogP contribution in [0.15, 0.2) is 18.2 Å². The zero-order chi connectivity index (χ0) is 22.7. The summed E-state index contributed by atoms with van der Waals surface area (Å²) in [5, 5.41) is 6.08. The lowest BCUT2D eigenvalue weighted by molar-refractivity contribution is 0.0497. The first-order valence-electron chi connectivity index (χ1n) is 11.3. The summed E-state index contributed by atoms with van der Waals surface area (Å²) in [6, 6.07) is 4.89. The number of hydrogen-bond acceptors (Lipinski definition) is 5. The number of nitrogens with one attached hydrogen (secondary N) is 2. The number of amides is 1. The van der Waals surface area contributed by atoms with Crippen molar-refractivity contribution >= 4 is 12.4 Å². The molecule has 0 bridgehead atoms. The Balaban J connectivity index is 0.000000225. The molecule has 1 heterocycles. The highest BCUT2D eigenvalue weighted by Gasteiger charge is 2.20. The van der Waals surface area contributed by atoms with Crippen LogP contribution in [0, 0.1) is 11.7 Å². The van der Waals surface area contributed by atoms with E-state index in [-0.39, 0.29) is 23.4 Å². The smallest absolute Gasteiger partial charge is 0.407 e. The Morgan fingerprint density at radius 2 is 1.94 bits per heavy atom. The van der Waals surface area contributed by atoms with Gasteiger partial charge in [0.15, 0.2) is 17.9 Å². The van der Waals surface area contributed by atoms with Gasteiger partial charge in [-0.25, -0.2) is 9.18 Å². The van der Waals surface area contributed by atoms with Crippen molar-refractivity contribution in [1.29, 1.82) is 0 Å². The number of ether oxygens (including phenoxy) is 2. The van der Waals surface area contributed by atoms with Crippen LogP contribution in [-0.2, 0) is 4.74 Å². The summed E-state index contributed by atoms with van der Waals surface area (Å²) in [5.41, 5.74) is -0.349. The number of alkyl carbamates (subject to hydrolysis) is 1. The van der Waals surface area contributed by atoms with Gasteiger partial charge in [-0.1, -0.05) is 25.3 Å². The van der Waals surface area contributed by atoms with Crippen molar-refractivity contribution < 1.29 is 23.5 Å². The highest BCUT2D eigenvalue weighted by molar-refractivity contribution is 5.76. The molecule has 1 aliphatic carbocycles. The summed E-state index contributed by atoms with van der Waals surface area (Å²) in [6.07, 6.45) is 8.45. The van der Waals surface area contributed by atoms with Crippen LogP contribution in [-0.4, -0.2) is 43.7 Å². The minimum Gasteiger partial charge on any atom is -0.490 e. The average molecular weight is 437 g/mol. The van der Waals surface area contributed by atoms with Crippen molar-refractivity contribution in [3.63, 3.8) is 0 Å². The lowest BCUT2D eigenvalue weighted by atomic mass is 9.90. The third-order valence-electron chi connectivity index (χ3n) is 5.34. The van der Waals surface area contributed by atoms with Gasteiger partial charge >= 0.3 is 6.09 Å². The second-order valence-corrected chi connectivity index (χ2v) is 9.28. The van der Waals surface area contributed by atoms with Gasteiger partial charge in [0.25, 0.3) is 0 Å². The van der Waals surface area contributed by atoms with Crippen molar-refractivity contribution in [3.05, 3.63) is 29.6 Å². The minimum absolute atomic E-state index is 0.0612. The first kappa shape index (κ1) is 25.1. The Labute approximate surface area is 185 Å². The second-order valence-electron chi connectivity index (χ2n) is 9.28. The van der Waals surface area contributed by atoms with Gasteiger partial charge in [0.05, 0.1) is 12.2 Å². The molecule has 7 heteroatoms. The number of rotatable bonds is 5. The Morgan fingerprint density at radius 1 is 1.19 bits per heavy atom. The molecule has 31 heavy (non-hydrogen) atoms. The van der Waals surface area contributed by atoms with Crippen LogP contribution >= 0.6 is 0 Å². The largest absolute Gasteiger partial charge is 0.490 e. The van der Waals surface area contributed by atoms with E-state index in [1.165, 1.54) is 25.3 Å². The zero-order valence-electron chi connectivity index (χ0n) is 19.0. The molecule has 1 aliphatic heterocycles. The molecule has 0 spiro atoms. The fraction of sp³-hybridized carbons (Fsp3) is 0.667. The van der Waals surface area contributed by atoms with Crippen molar-refractivity contribution in [1.82, 2.24) is 10.6 Å². The number of hydrogen-bond donors (Lipinski definition) is 2.